The van der Waals surface area contributed by atoms with Gasteiger partial charge in [0.05, 0.1) is 0 Å². The third kappa shape index (κ3) is 1.72. The predicted octanol–water partition coefficient (Wildman–Crippen LogP) is 1.67. The van der Waals surface area contributed by atoms with Crippen molar-refractivity contribution in [3.63, 3.8) is 0 Å². The van der Waals surface area contributed by atoms with Crippen LogP contribution in [0, 0.1) is 0 Å². The van der Waals surface area contributed by atoms with E-state index in [1.807, 2.05) is 0 Å². The standard InChI is InChI=1S/C10H8P2/c1-2-4-10-8-12-6-5-11-7-9(10)3-1/h1-8H. The number of hydrogen-bond donors (Lipinski definition) is 0. The van der Waals surface area contributed by atoms with E-state index in [4.69, 9.17) is 0 Å². The third-order valence-electron chi connectivity index (χ3n) is 1.66. The Labute approximate surface area is 74.9 Å². The molecule has 0 N–H and O–H groups in total. The summed E-state index contributed by atoms with van der Waals surface area (Å²) in [5.74, 6) is 8.82. The van der Waals surface area contributed by atoms with Gasteiger partial charge in [-0.05, 0) is 33.7 Å². The Morgan fingerprint density at radius 1 is 0.750 bits per heavy atom. The van der Waals surface area contributed by atoms with Crippen LogP contribution >= 0.6 is 16.4 Å². The Bertz CT molecular complexity index is 398. The fourth-order valence-corrected chi connectivity index (χ4v) is 2.65. The molecule has 0 fully saturated rings. The highest BCUT2D eigenvalue weighted by molar-refractivity contribution is 7.57. The van der Waals surface area contributed by atoms with Crippen molar-refractivity contribution in [3.05, 3.63) is 34.7 Å². The van der Waals surface area contributed by atoms with Crippen molar-refractivity contribution in [2.75, 3.05) is 0 Å². The minimum atomic E-state index is 1.28. The van der Waals surface area contributed by atoms with Crippen LogP contribution in [0.1, 0.15) is 0 Å². The molecular weight excluding hydrogens is 182 g/mol. The molecule has 2 heteroatoms. The van der Waals surface area contributed by atoms with Gasteiger partial charge in [-0.25, -0.2) is 0 Å². The van der Waals surface area contributed by atoms with Crippen LogP contribution < -0.4 is 10.4 Å². The summed E-state index contributed by atoms with van der Waals surface area (Å²) in [5, 5.41) is 2.69. The summed E-state index contributed by atoms with van der Waals surface area (Å²) in [4.78, 5) is 0. The van der Waals surface area contributed by atoms with Crippen LogP contribution in [0.25, 0.3) is 11.6 Å². The van der Waals surface area contributed by atoms with Crippen molar-refractivity contribution >= 4 is 39.6 Å². The molecule has 12 heavy (non-hydrogen) atoms. The molecule has 0 amide bonds. The van der Waals surface area contributed by atoms with Gasteiger partial charge in [-0.15, -0.1) is 0 Å². The van der Waals surface area contributed by atoms with Crippen molar-refractivity contribution in [3.8, 4) is 0 Å². The summed E-state index contributed by atoms with van der Waals surface area (Å²) in [6, 6.07) is 8.49. The molecule has 0 saturated carbocycles. The van der Waals surface area contributed by atoms with Crippen molar-refractivity contribution in [2.45, 2.75) is 0 Å². The molecule has 1 aliphatic rings. The van der Waals surface area contributed by atoms with Gasteiger partial charge < -0.3 is 0 Å². The third-order valence-corrected chi connectivity index (χ3v) is 3.39. The SMILES string of the molecule is C1=PC=c2ccccc2=CP=C1. The largest absolute Gasteiger partial charge is 0.0755 e. The molecule has 0 nitrogen and oxygen atoms in total. The molecule has 0 bridgehead atoms. The van der Waals surface area contributed by atoms with Crippen LogP contribution in [-0.2, 0) is 0 Å². The number of hydrogen-bond acceptors (Lipinski definition) is 0. The van der Waals surface area contributed by atoms with Gasteiger partial charge in [0.2, 0.25) is 0 Å². The maximum atomic E-state index is 2.23. The highest BCUT2D eigenvalue weighted by Crippen LogP contribution is 1.99. The Kier molecular flexibility index (Phi) is 2.51. The molecule has 1 aliphatic heterocycles. The monoisotopic (exact) mass is 190 g/mol. The fraction of sp³-hybridized carbons (Fsp3) is 0. The van der Waals surface area contributed by atoms with Crippen LogP contribution in [0.5, 0.6) is 0 Å². The van der Waals surface area contributed by atoms with Gasteiger partial charge in [-0.1, -0.05) is 40.7 Å². The summed E-state index contributed by atoms with van der Waals surface area (Å²) >= 11 is 0. The molecule has 0 spiro atoms. The van der Waals surface area contributed by atoms with E-state index in [0.29, 0.717) is 0 Å². The summed E-state index contributed by atoms with van der Waals surface area (Å²) in [5.41, 5.74) is 0. The average Bonchev–Trinajstić information content (AvgIpc) is 2.06. The Balaban J connectivity index is 2.80. The lowest BCUT2D eigenvalue weighted by molar-refractivity contribution is 1.54. The zero-order chi connectivity index (χ0) is 8.23. The molecule has 1 heterocycles. The lowest BCUT2D eigenvalue weighted by Gasteiger charge is -1.88. The van der Waals surface area contributed by atoms with Crippen LogP contribution in [0.4, 0.5) is 0 Å². The van der Waals surface area contributed by atoms with E-state index in [-0.39, 0.29) is 0 Å². The van der Waals surface area contributed by atoms with E-state index in [1.54, 1.807) is 0 Å². The Hall–Kier alpha value is -0.700. The normalized spacial score (nSPS) is 16.3. The van der Waals surface area contributed by atoms with Crippen molar-refractivity contribution < 1.29 is 0 Å². The lowest BCUT2D eigenvalue weighted by Crippen LogP contribution is -2.22. The van der Waals surface area contributed by atoms with E-state index in [1.165, 1.54) is 26.8 Å². The second kappa shape index (κ2) is 3.81. The number of rotatable bonds is 0. The van der Waals surface area contributed by atoms with Gasteiger partial charge in [0.25, 0.3) is 0 Å². The summed E-state index contributed by atoms with van der Waals surface area (Å²) in [6.07, 6.45) is 0. The molecule has 2 rings (SSSR count). The molecule has 0 atom stereocenters. The van der Waals surface area contributed by atoms with Gasteiger partial charge in [-0.2, -0.15) is 0 Å². The van der Waals surface area contributed by atoms with Gasteiger partial charge in [0, 0.05) is 0 Å². The first kappa shape index (κ1) is 7.92. The lowest BCUT2D eigenvalue weighted by atomic mass is 10.3. The van der Waals surface area contributed by atoms with Crippen LogP contribution in [0.2, 0.25) is 0 Å². The van der Waals surface area contributed by atoms with Gasteiger partial charge in [-0.3, -0.25) is 0 Å². The Morgan fingerprint density at radius 3 is 1.75 bits per heavy atom. The Morgan fingerprint density at radius 2 is 1.25 bits per heavy atom. The van der Waals surface area contributed by atoms with Crippen LogP contribution in [-0.4, -0.2) is 11.6 Å². The summed E-state index contributed by atoms with van der Waals surface area (Å²) in [6.45, 7) is 0. The first-order valence-corrected chi connectivity index (χ1v) is 5.84. The zero-order valence-corrected chi connectivity index (χ0v) is 8.30. The summed E-state index contributed by atoms with van der Waals surface area (Å²) < 4.78 is 0. The van der Waals surface area contributed by atoms with E-state index in [2.05, 4.69) is 47.5 Å². The molecule has 0 aromatic heterocycles. The van der Waals surface area contributed by atoms with Gasteiger partial charge in [0.1, 0.15) is 0 Å². The summed E-state index contributed by atoms with van der Waals surface area (Å²) in [7, 11) is 2.56. The second-order valence-electron chi connectivity index (χ2n) is 2.48. The molecule has 0 radical (unpaired) electrons. The van der Waals surface area contributed by atoms with E-state index in [9.17, 15) is 0 Å². The van der Waals surface area contributed by atoms with Crippen LogP contribution in [0.3, 0.4) is 0 Å². The molecule has 0 saturated heterocycles. The fourth-order valence-electron chi connectivity index (χ4n) is 1.07. The predicted molar refractivity (Wildman–Crippen MR) is 60.6 cm³/mol. The van der Waals surface area contributed by atoms with Gasteiger partial charge >= 0.3 is 0 Å². The maximum absolute atomic E-state index is 2.23. The molecule has 58 valence electrons. The van der Waals surface area contributed by atoms with Crippen molar-refractivity contribution in [2.24, 2.45) is 0 Å². The van der Waals surface area contributed by atoms with Crippen molar-refractivity contribution in [1.82, 2.24) is 0 Å². The second-order valence-corrected chi connectivity index (χ2v) is 4.19. The first-order chi connectivity index (χ1) is 5.97. The minimum Gasteiger partial charge on any atom is -0.0755 e. The highest BCUT2D eigenvalue weighted by atomic mass is 31.1. The molecule has 0 unspecified atom stereocenters. The molecule has 1 aromatic rings. The molecule has 1 aromatic carbocycles. The minimum absolute atomic E-state index is 1.28. The number of fused-ring (bicyclic) bond motifs is 1. The highest BCUT2D eigenvalue weighted by Gasteiger charge is 1.82. The average molecular weight is 190 g/mol. The smallest absolute Gasteiger partial charge is 0.0135 e. The topological polar surface area (TPSA) is 0 Å². The van der Waals surface area contributed by atoms with E-state index in [0.717, 1.165) is 0 Å². The zero-order valence-electron chi connectivity index (χ0n) is 6.51. The van der Waals surface area contributed by atoms with Crippen LogP contribution in [0.15, 0.2) is 24.3 Å². The molecular formula is C10H8P2. The first-order valence-electron chi connectivity index (χ1n) is 3.77. The molecule has 0 aliphatic carbocycles. The quantitative estimate of drug-likeness (QED) is 0.546. The maximum Gasteiger partial charge on any atom is -0.0135 e. The number of benzene rings is 1. The van der Waals surface area contributed by atoms with E-state index >= 15 is 0 Å². The van der Waals surface area contributed by atoms with Gasteiger partial charge in [0.15, 0.2) is 0 Å². The van der Waals surface area contributed by atoms with E-state index < -0.39 is 0 Å². The van der Waals surface area contributed by atoms with Crippen molar-refractivity contribution in [1.29, 1.82) is 0 Å².